The van der Waals surface area contributed by atoms with Crippen LogP contribution in [0.5, 0.6) is 0 Å². The van der Waals surface area contributed by atoms with E-state index in [2.05, 4.69) is 21.2 Å². The molecule has 21 heavy (non-hydrogen) atoms. The highest BCUT2D eigenvalue weighted by atomic mass is 79.9. The first-order valence-corrected chi connectivity index (χ1v) is 8.14. The molecule has 1 N–H and O–H groups in total. The van der Waals surface area contributed by atoms with E-state index in [0.717, 1.165) is 17.3 Å². The van der Waals surface area contributed by atoms with E-state index in [9.17, 15) is 9.59 Å². The van der Waals surface area contributed by atoms with Gasteiger partial charge in [0.2, 0.25) is 0 Å². The summed E-state index contributed by atoms with van der Waals surface area (Å²) in [6.07, 6.45) is 6.01. The van der Waals surface area contributed by atoms with Gasteiger partial charge in [-0.2, -0.15) is 0 Å². The minimum absolute atomic E-state index is 0.0817. The van der Waals surface area contributed by atoms with Gasteiger partial charge >= 0.3 is 5.97 Å². The average molecular weight is 354 g/mol. The van der Waals surface area contributed by atoms with Gasteiger partial charge in [0.15, 0.2) is 0 Å². The first kappa shape index (κ1) is 16.0. The summed E-state index contributed by atoms with van der Waals surface area (Å²) in [6, 6.07) is 6.98. The average Bonchev–Trinajstić information content (AvgIpc) is 2.52. The Labute approximate surface area is 133 Å². The number of ether oxygens (including phenoxy) is 1. The lowest BCUT2D eigenvalue weighted by Gasteiger charge is -2.21. The molecule has 1 aliphatic carbocycles. The third-order valence-corrected chi connectivity index (χ3v) is 4.23. The largest absolute Gasteiger partial charge is 0.464 e. The molecular formula is C16H20BrNO3. The number of halogens is 1. The van der Waals surface area contributed by atoms with Crippen LogP contribution in [0.15, 0.2) is 28.7 Å². The molecule has 1 saturated carbocycles. The SMILES string of the molecule is O=C(CNC(=O)c1ccc(Br)cc1)OCC1CCCCC1. The molecule has 1 aromatic carbocycles. The summed E-state index contributed by atoms with van der Waals surface area (Å²) < 4.78 is 6.13. The summed E-state index contributed by atoms with van der Waals surface area (Å²) in [5.74, 6) is -0.145. The molecule has 1 amide bonds. The molecule has 0 unspecified atom stereocenters. The molecule has 2 rings (SSSR count). The monoisotopic (exact) mass is 353 g/mol. The molecule has 1 aliphatic rings. The number of amides is 1. The molecule has 0 saturated heterocycles. The fourth-order valence-corrected chi connectivity index (χ4v) is 2.74. The van der Waals surface area contributed by atoms with Gasteiger partial charge in [0.05, 0.1) is 6.61 Å². The van der Waals surface area contributed by atoms with E-state index in [1.54, 1.807) is 24.3 Å². The summed E-state index contributed by atoms with van der Waals surface area (Å²) in [5.41, 5.74) is 0.526. The number of nitrogens with one attached hydrogen (secondary N) is 1. The topological polar surface area (TPSA) is 55.4 Å². The zero-order valence-electron chi connectivity index (χ0n) is 11.9. The summed E-state index contributed by atoms with van der Waals surface area (Å²) in [7, 11) is 0. The maximum absolute atomic E-state index is 11.8. The fourth-order valence-electron chi connectivity index (χ4n) is 2.47. The van der Waals surface area contributed by atoms with Crippen LogP contribution in [0.2, 0.25) is 0 Å². The molecule has 0 atom stereocenters. The predicted molar refractivity (Wildman–Crippen MR) is 84.0 cm³/mol. The van der Waals surface area contributed by atoms with Crippen molar-refractivity contribution in [1.29, 1.82) is 0 Å². The van der Waals surface area contributed by atoms with Crippen LogP contribution in [0, 0.1) is 5.92 Å². The van der Waals surface area contributed by atoms with Crippen molar-refractivity contribution in [2.24, 2.45) is 5.92 Å². The van der Waals surface area contributed by atoms with E-state index in [-0.39, 0.29) is 18.4 Å². The normalized spacial score (nSPS) is 15.5. The third kappa shape index (κ3) is 5.50. The lowest BCUT2D eigenvalue weighted by molar-refractivity contribution is -0.144. The third-order valence-electron chi connectivity index (χ3n) is 3.70. The van der Waals surface area contributed by atoms with E-state index in [4.69, 9.17) is 4.74 Å². The van der Waals surface area contributed by atoms with Crippen molar-refractivity contribution in [3.63, 3.8) is 0 Å². The maximum Gasteiger partial charge on any atom is 0.325 e. The van der Waals surface area contributed by atoms with Crippen molar-refractivity contribution >= 4 is 27.8 Å². The zero-order chi connectivity index (χ0) is 15.1. The van der Waals surface area contributed by atoms with Crippen molar-refractivity contribution in [1.82, 2.24) is 5.32 Å². The quantitative estimate of drug-likeness (QED) is 0.826. The Morgan fingerprint density at radius 1 is 1.14 bits per heavy atom. The molecule has 0 spiro atoms. The molecule has 1 aromatic rings. The van der Waals surface area contributed by atoms with Gasteiger partial charge in [0.25, 0.3) is 5.91 Å². The van der Waals surface area contributed by atoms with Gasteiger partial charge in [-0.15, -0.1) is 0 Å². The summed E-state index contributed by atoms with van der Waals surface area (Å²) in [5, 5.41) is 2.58. The Hall–Kier alpha value is -1.36. The number of hydrogen-bond acceptors (Lipinski definition) is 3. The molecule has 4 nitrogen and oxygen atoms in total. The molecule has 1 fully saturated rings. The second-order valence-corrected chi connectivity index (χ2v) is 6.29. The van der Waals surface area contributed by atoms with Crippen molar-refractivity contribution in [2.45, 2.75) is 32.1 Å². The van der Waals surface area contributed by atoms with Crippen molar-refractivity contribution in [3.8, 4) is 0 Å². The van der Waals surface area contributed by atoms with E-state index < -0.39 is 0 Å². The summed E-state index contributed by atoms with van der Waals surface area (Å²) in [6.45, 7) is 0.397. The summed E-state index contributed by atoms with van der Waals surface area (Å²) in [4.78, 5) is 23.5. The number of carbonyl (C=O) groups excluding carboxylic acids is 2. The van der Waals surface area contributed by atoms with Crippen LogP contribution in [0.4, 0.5) is 0 Å². The van der Waals surface area contributed by atoms with E-state index in [1.165, 1.54) is 19.3 Å². The highest BCUT2D eigenvalue weighted by molar-refractivity contribution is 9.10. The van der Waals surface area contributed by atoms with Crippen LogP contribution in [-0.4, -0.2) is 25.0 Å². The zero-order valence-corrected chi connectivity index (χ0v) is 13.5. The first-order chi connectivity index (χ1) is 10.1. The molecule has 5 heteroatoms. The van der Waals surface area contributed by atoms with Gasteiger partial charge in [0.1, 0.15) is 6.54 Å². The van der Waals surface area contributed by atoms with Gasteiger partial charge in [-0.25, -0.2) is 0 Å². The molecular weight excluding hydrogens is 334 g/mol. The molecule has 0 aromatic heterocycles. The Balaban J connectivity index is 1.68. The van der Waals surface area contributed by atoms with Crippen LogP contribution < -0.4 is 5.32 Å². The van der Waals surface area contributed by atoms with Gasteiger partial charge < -0.3 is 10.1 Å². The minimum Gasteiger partial charge on any atom is -0.464 e. The lowest BCUT2D eigenvalue weighted by atomic mass is 9.90. The van der Waals surface area contributed by atoms with Crippen molar-refractivity contribution in [3.05, 3.63) is 34.3 Å². The van der Waals surface area contributed by atoms with Gasteiger partial charge in [-0.3, -0.25) is 9.59 Å². The van der Waals surface area contributed by atoms with Crippen LogP contribution in [-0.2, 0) is 9.53 Å². The summed E-state index contributed by atoms with van der Waals surface area (Å²) >= 11 is 3.31. The number of esters is 1. The number of hydrogen-bond donors (Lipinski definition) is 1. The molecule has 114 valence electrons. The van der Waals surface area contributed by atoms with Crippen LogP contribution in [0.25, 0.3) is 0 Å². The first-order valence-electron chi connectivity index (χ1n) is 7.34. The fraction of sp³-hybridized carbons (Fsp3) is 0.500. The second-order valence-electron chi connectivity index (χ2n) is 5.38. The Kier molecular flexibility index (Phi) is 6.23. The highest BCUT2D eigenvalue weighted by Crippen LogP contribution is 2.23. The molecule has 0 heterocycles. The Bertz CT molecular complexity index is 481. The minimum atomic E-state index is -0.369. The molecule has 0 bridgehead atoms. The number of benzene rings is 1. The van der Waals surface area contributed by atoms with Crippen LogP contribution in [0.3, 0.4) is 0 Å². The smallest absolute Gasteiger partial charge is 0.325 e. The number of carbonyl (C=O) groups is 2. The van der Waals surface area contributed by atoms with Gasteiger partial charge in [-0.05, 0) is 43.0 Å². The number of rotatable bonds is 5. The highest BCUT2D eigenvalue weighted by Gasteiger charge is 2.16. The lowest BCUT2D eigenvalue weighted by Crippen LogP contribution is -2.31. The van der Waals surface area contributed by atoms with Gasteiger partial charge in [0, 0.05) is 10.0 Å². The van der Waals surface area contributed by atoms with Crippen molar-refractivity contribution < 1.29 is 14.3 Å². The van der Waals surface area contributed by atoms with Crippen molar-refractivity contribution in [2.75, 3.05) is 13.2 Å². The van der Waals surface area contributed by atoms with Gasteiger partial charge in [-0.1, -0.05) is 35.2 Å². The molecule has 0 aliphatic heterocycles. The molecule has 0 radical (unpaired) electrons. The van der Waals surface area contributed by atoms with Crippen LogP contribution >= 0.6 is 15.9 Å². The maximum atomic E-state index is 11.8. The van der Waals surface area contributed by atoms with E-state index in [0.29, 0.717) is 18.1 Å². The standard InChI is InChI=1S/C16H20BrNO3/c17-14-8-6-13(7-9-14)16(20)18-10-15(19)21-11-12-4-2-1-3-5-12/h6-9,12H,1-5,10-11H2,(H,18,20). The Morgan fingerprint density at radius 3 is 2.48 bits per heavy atom. The second kappa shape index (κ2) is 8.17. The van der Waals surface area contributed by atoms with E-state index >= 15 is 0 Å². The predicted octanol–water partition coefficient (Wildman–Crippen LogP) is 3.30. The van der Waals surface area contributed by atoms with Crippen LogP contribution in [0.1, 0.15) is 42.5 Å². The van der Waals surface area contributed by atoms with E-state index in [1.807, 2.05) is 0 Å². The Morgan fingerprint density at radius 2 is 1.81 bits per heavy atom.